The highest BCUT2D eigenvalue weighted by Gasteiger charge is 2.40. The van der Waals surface area contributed by atoms with Crippen LogP contribution in [0.2, 0.25) is 10.0 Å². The molecular weight excluding hydrogens is 459 g/mol. The van der Waals surface area contributed by atoms with Gasteiger partial charge in [0.05, 0.1) is 32.7 Å². The van der Waals surface area contributed by atoms with E-state index < -0.39 is 40.9 Å². The molecule has 0 aromatic heterocycles. The number of hydrogen-bond donors (Lipinski definition) is 1. The number of nitriles is 1. The van der Waals surface area contributed by atoms with Gasteiger partial charge in [-0.05, 0) is 35.4 Å². The van der Waals surface area contributed by atoms with Crippen molar-refractivity contribution in [1.82, 2.24) is 0 Å². The van der Waals surface area contributed by atoms with Gasteiger partial charge in [-0.2, -0.15) is 31.6 Å². The Balaban J connectivity index is 2.54. The average Bonchev–Trinajstić information content (AvgIpc) is 2.59. The van der Waals surface area contributed by atoms with Gasteiger partial charge < -0.3 is 5.11 Å². The maximum Gasteiger partial charge on any atom is 0.417 e. The molecule has 0 bridgehead atoms. The van der Waals surface area contributed by atoms with E-state index in [1.807, 2.05) is 0 Å². The summed E-state index contributed by atoms with van der Waals surface area (Å²) < 4.78 is 79.8. The largest absolute Gasteiger partial charge is 0.478 e. The van der Waals surface area contributed by atoms with E-state index in [1.54, 1.807) is 6.07 Å². The van der Waals surface area contributed by atoms with Gasteiger partial charge >= 0.3 is 18.3 Å². The molecule has 0 spiro atoms. The van der Waals surface area contributed by atoms with Crippen LogP contribution in [-0.2, 0) is 6.18 Å². The summed E-state index contributed by atoms with van der Waals surface area (Å²) >= 11 is 11.6. The van der Waals surface area contributed by atoms with Crippen LogP contribution in [0.1, 0.15) is 38.5 Å². The highest BCUT2D eigenvalue weighted by molar-refractivity contribution is 6.36. The normalized spacial score (nSPS) is 13.3. The van der Waals surface area contributed by atoms with Crippen LogP contribution >= 0.6 is 23.2 Å². The van der Waals surface area contributed by atoms with Crippen LogP contribution < -0.4 is 0 Å². The number of rotatable bonds is 4. The zero-order chi connectivity index (χ0) is 22.9. The molecule has 2 aromatic rings. The first-order chi connectivity index (χ1) is 13.8. The lowest BCUT2D eigenvalue weighted by Gasteiger charge is -2.18. The fourth-order valence-corrected chi connectivity index (χ4v) is 3.17. The minimum absolute atomic E-state index is 0.217. The zero-order valence-corrected chi connectivity index (χ0v) is 16.0. The molecular formula is C19H9Cl2F6NO2. The van der Waals surface area contributed by atoms with Crippen LogP contribution in [-0.4, -0.2) is 17.3 Å². The minimum Gasteiger partial charge on any atom is -0.478 e. The van der Waals surface area contributed by atoms with E-state index in [9.17, 15) is 31.1 Å². The Hall–Kier alpha value is -2.70. The van der Waals surface area contributed by atoms with Crippen molar-refractivity contribution < 1.29 is 36.2 Å². The van der Waals surface area contributed by atoms with Gasteiger partial charge in [0, 0.05) is 0 Å². The molecule has 0 saturated heterocycles. The van der Waals surface area contributed by atoms with Gasteiger partial charge in [0.25, 0.3) is 0 Å². The molecule has 0 aliphatic carbocycles. The molecule has 0 heterocycles. The third kappa shape index (κ3) is 5.26. The molecule has 1 atom stereocenters. The molecule has 1 unspecified atom stereocenters. The second-order valence-electron chi connectivity index (χ2n) is 5.96. The van der Waals surface area contributed by atoms with E-state index in [4.69, 9.17) is 33.6 Å². The molecule has 0 radical (unpaired) electrons. The molecule has 30 heavy (non-hydrogen) atoms. The van der Waals surface area contributed by atoms with Gasteiger partial charge in [-0.1, -0.05) is 41.4 Å². The lowest BCUT2D eigenvalue weighted by molar-refractivity contribution is -0.139. The molecule has 0 amide bonds. The van der Waals surface area contributed by atoms with Crippen molar-refractivity contribution in [2.75, 3.05) is 0 Å². The number of allylic oxidation sites excluding steroid dienone is 1. The first-order valence-electron chi connectivity index (χ1n) is 7.84. The summed E-state index contributed by atoms with van der Waals surface area (Å²) in [4.78, 5) is 11.0. The number of aromatic carboxylic acids is 1. The third-order valence-corrected chi connectivity index (χ3v) is 4.54. The molecule has 0 saturated carbocycles. The lowest BCUT2D eigenvalue weighted by Crippen LogP contribution is -2.19. The summed E-state index contributed by atoms with van der Waals surface area (Å²) in [7, 11) is 0. The van der Waals surface area contributed by atoms with E-state index >= 15 is 0 Å². The Morgan fingerprint density at radius 3 is 2.07 bits per heavy atom. The van der Waals surface area contributed by atoms with Gasteiger partial charge in [0.15, 0.2) is 0 Å². The lowest BCUT2D eigenvalue weighted by atomic mass is 9.95. The summed E-state index contributed by atoms with van der Waals surface area (Å²) in [5.41, 5.74) is -3.47. The second kappa shape index (κ2) is 8.58. The smallest absolute Gasteiger partial charge is 0.417 e. The van der Waals surface area contributed by atoms with Crippen molar-refractivity contribution in [2.45, 2.75) is 18.3 Å². The van der Waals surface area contributed by atoms with E-state index in [0.717, 1.165) is 24.3 Å². The molecule has 0 aliphatic rings. The van der Waals surface area contributed by atoms with Gasteiger partial charge in [-0.15, -0.1) is 0 Å². The number of carbonyl (C=O) groups is 1. The topological polar surface area (TPSA) is 61.1 Å². The van der Waals surface area contributed by atoms with Crippen LogP contribution in [0.3, 0.4) is 0 Å². The molecule has 0 aliphatic heterocycles. The Bertz CT molecular complexity index is 1030. The van der Waals surface area contributed by atoms with E-state index in [1.165, 1.54) is 0 Å². The fourth-order valence-electron chi connectivity index (χ4n) is 2.58. The first kappa shape index (κ1) is 23.6. The monoisotopic (exact) mass is 467 g/mol. The predicted molar refractivity (Wildman–Crippen MR) is 97.4 cm³/mol. The molecule has 11 heteroatoms. The Morgan fingerprint density at radius 1 is 1.07 bits per heavy atom. The SMILES string of the molecule is N#Cc1c(Cl)cc(C(/C=C/c2ccc(C(=O)O)c(C(F)(F)F)c2)C(F)(F)F)cc1Cl. The first-order valence-corrected chi connectivity index (χ1v) is 8.59. The average molecular weight is 468 g/mol. The molecule has 158 valence electrons. The highest BCUT2D eigenvalue weighted by Crippen LogP contribution is 2.40. The van der Waals surface area contributed by atoms with Gasteiger partial charge in [-0.3, -0.25) is 0 Å². The van der Waals surface area contributed by atoms with Crippen molar-refractivity contribution >= 4 is 35.2 Å². The molecule has 0 fully saturated rings. The minimum atomic E-state index is -5.02. The summed E-state index contributed by atoms with van der Waals surface area (Å²) in [6.45, 7) is 0. The van der Waals surface area contributed by atoms with E-state index in [2.05, 4.69) is 0 Å². The summed E-state index contributed by atoms with van der Waals surface area (Å²) in [6.07, 6.45) is -8.51. The Labute approximate surface area is 175 Å². The quantitative estimate of drug-likeness (QED) is 0.495. The summed E-state index contributed by atoms with van der Waals surface area (Å²) in [6, 6.07) is 5.47. The number of carboxylic acid groups (broad SMARTS) is 1. The predicted octanol–water partition coefficient (Wildman–Crippen LogP) is 6.94. The van der Waals surface area contributed by atoms with Crippen molar-refractivity contribution in [3.8, 4) is 6.07 Å². The maximum absolute atomic E-state index is 13.5. The zero-order valence-electron chi connectivity index (χ0n) is 14.4. The standard InChI is InChI=1S/C19H9Cl2F6NO2/c20-15-6-10(7-16(21)12(15)8-28)13(18(22,23)24)4-2-9-1-3-11(17(29)30)14(5-9)19(25,26)27/h1-7,13H,(H,29,30)/b4-2+. The molecule has 2 rings (SSSR count). The molecule has 3 nitrogen and oxygen atoms in total. The highest BCUT2D eigenvalue weighted by atomic mass is 35.5. The van der Waals surface area contributed by atoms with Crippen molar-refractivity contribution in [1.29, 1.82) is 5.26 Å². The number of alkyl halides is 6. The Kier molecular flexibility index (Phi) is 6.74. The van der Waals surface area contributed by atoms with Crippen molar-refractivity contribution in [3.05, 3.63) is 74.3 Å². The van der Waals surface area contributed by atoms with Gasteiger partial charge in [-0.25, -0.2) is 4.79 Å². The van der Waals surface area contributed by atoms with Crippen molar-refractivity contribution in [3.63, 3.8) is 0 Å². The van der Waals surface area contributed by atoms with E-state index in [0.29, 0.717) is 18.2 Å². The number of benzene rings is 2. The molecule has 1 N–H and O–H groups in total. The maximum atomic E-state index is 13.5. The number of nitrogens with zero attached hydrogens (tertiary/aromatic N) is 1. The van der Waals surface area contributed by atoms with Crippen molar-refractivity contribution in [2.24, 2.45) is 0 Å². The van der Waals surface area contributed by atoms with Gasteiger partial charge in [0.2, 0.25) is 0 Å². The Morgan fingerprint density at radius 2 is 1.63 bits per heavy atom. The van der Waals surface area contributed by atoms with Crippen LogP contribution in [0.15, 0.2) is 36.4 Å². The van der Waals surface area contributed by atoms with Gasteiger partial charge in [0.1, 0.15) is 6.07 Å². The van der Waals surface area contributed by atoms with Crippen LogP contribution in [0.25, 0.3) is 6.08 Å². The summed E-state index contributed by atoms with van der Waals surface area (Å²) in [5, 5.41) is 17.2. The number of carboxylic acids is 1. The number of halogens is 8. The third-order valence-electron chi connectivity index (χ3n) is 3.95. The van der Waals surface area contributed by atoms with Crippen LogP contribution in [0.4, 0.5) is 26.3 Å². The van der Waals surface area contributed by atoms with Crippen LogP contribution in [0.5, 0.6) is 0 Å². The number of hydrogen-bond acceptors (Lipinski definition) is 2. The second-order valence-corrected chi connectivity index (χ2v) is 6.77. The van der Waals surface area contributed by atoms with E-state index in [-0.39, 0.29) is 21.2 Å². The fraction of sp³-hybridized carbons (Fsp3) is 0.158. The molecule has 2 aromatic carbocycles. The summed E-state index contributed by atoms with van der Waals surface area (Å²) in [5.74, 6) is -4.12. The van der Waals surface area contributed by atoms with Crippen LogP contribution in [0, 0.1) is 11.3 Å².